The molecule has 1 aliphatic heterocycles. The van der Waals surface area contributed by atoms with Crippen molar-refractivity contribution in [3.63, 3.8) is 0 Å². The minimum atomic E-state index is -0.226. The molecule has 7 heteroatoms. The van der Waals surface area contributed by atoms with Gasteiger partial charge in [0, 0.05) is 13.1 Å². The van der Waals surface area contributed by atoms with Gasteiger partial charge in [-0.2, -0.15) is 0 Å². The Morgan fingerprint density at radius 1 is 1.50 bits per heavy atom. The molecule has 2 atom stereocenters. The Kier molecular flexibility index (Phi) is 4.94. The highest BCUT2D eigenvalue weighted by molar-refractivity contribution is 5.85. The van der Waals surface area contributed by atoms with E-state index in [4.69, 9.17) is 4.42 Å². The van der Waals surface area contributed by atoms with Crippen molar-refractivity contribution < 1.29 is 9.21 Å². The third-order valence-corrected chi connectivity index (χ3v) is 3.46. The Bertz CT molecular complexity index is 448. The molecule has 0 saturated carbocycles. The zero-order valence-electron chi connectivity index (χ0n) is 12.3. The number of hydrogen-bond donors (Lipinski definition) is 2. The van der Waals surface area contributed by atoms with Crippen LogP contribution in [0.2, 0.25) is 0 Å². The van der Waals surface area contributed by atoms with E-state index in [1.807, 2.05) is 18.7 Å². The van der Waals surface area contributed by atoms with E-state index in [1.54, 1.807) is 0 Å². The number of aromatic nitrogens is 2. The van der Waals surface area contributed by atoms with Gasteiger partial charge in [-0.15, -0.1) is 5.10 Å². The molecular formula is C13H23N5O2. The fourth-order valence-corrected chi connectivity index (χ4v) is 2.32. The number of piperazine rings is 1. The molecule has 0 spiro atoms. The average Bonchev–Trinajstić information content (AvgIpc) is 2.94. The Labute approximate surface area is 119 Å². The van der Waals surface area contributed by atoms with Crippen LogP contribution in [0.1, 0.15) is 45.5 Å². The molecule has 1 saturated heterocycles. The molecule has 20 heavy (non-hydrogen) atoms. The van der Waals surface area contributed by atoms with Crippen LogP contribution < -0.4 is 15.5 Å². The number of amides is 1. The van der Waals surface area contributed by atoms with Crippen molar-refractivity contribution in [2.24, 2.45) is 0 Å². The number of anilines is 1. The number of rotatable bonds is 6. The van der Waals surface area contributed by atoms with E-state index in [9.17, 15) is 4.79 Å². The van der Waals surface area contributed by atoms with Crippen LogP contribution in [0.4, 0.5) is 6.01 Å². The first-order valence-corrected chi connectivity index (χ1v) is 7.28. The summed E-state index contributed by atoms with van der Waals surface area (Å²) in [6.45, 7) is 8.29. The van der Waals surface area contributed by atoms with Gasteiger partial charge < -0.3 is 20.0 Å². The van der Waals surface area contributed by atoms with E-state index in [1.165, 1.54) is 0 Å². The van der Waals surface area contributed by atoms with Crippen LogP contribution in [0, 0.1) is 0 Å². The zero-order chi connectivity index (χ0) is 14.5. The van der Waals surface area contributed by atoms with Crippen LogP contribution in [0.5, 0.6) is 0 Å². The molecule has 1 aromatic rings. The molecule has 0 radical (unpaired) electrons. The lowest BCUT2D eigenvalue weighted by molar-refractivity contribution is -0.123. The summed E-state index contributed by atoms with van der Waals surface area (Å²) in [5.41, 5.74) is 0. The van der Waals surface area contributed by atoms with Crippen molar-refractivity contribution in [2.75, 3.05) is 24.5 Å². The lowest BCUT2D eigenvalue weighted by Gasteiger charge is -2.32. The predicted molar refractivity (Wildman–Crippen MR) is 75.4 cm³/mol. The summed E-state index contributed by atoms with van der Waals surface area (Å²) in [7, 11) is 0. The van der Waals surface area contributed by atoms with Crippen molar-refractivity contribution in [1.82, 2.24) is 20.8 Å². The van der Waals surface area contributed by atoms with Crippen LogP contribution in [-0.4, -0.2) is 41.8 Å². The largest absolute Gasteiger partial charge is 0.406 e. The number of nitrogens with zero attached hydrogens (tertiary/aromatic N) is 3. The highest BCUT2D eigenvalue weighted by atomic mass is 16.4. The fraction of sp³-hybridized carbons (Fsp3) is 0.769. The smallest absolute Gasteiger partial charge is 0.318 e. The summed E-state index contributed by atoms with van der Waals surface area (Å²) in [4.78, 5) is 13.7. The van der Waals surface area contributed by atoms with Gasteiger partial charge in [0.15, 0.2) is 0 Å². The minimum absolute atomic E-state index is 0.0230. The zero-order valence-corrected chi connectivity index (χ0v) is 12.3. The van der Waals surface area contributed by atoms with E-state index in [0.717, 1.165) is 13.0 Å². The van der Waals surface area contributed by atoms with Crippen LogP contribution in [0.25, 0.3) is 0 Å². The number of hydrogen-bond acceptors (Lipinski definition) is 6. The van der Waals surface area contributed by atoms with Crippen molar-refractivity contribution >= 4 is 11.9 Å². The van der Waals surface area contributed by atoms with E-state index < -0.39 is 0 Å². The first-order chi connectivity index (χ1) is 9.67. The molecule has 7 nitrogen and oxygen atoms in total. The van der Waals surface area contributed by atoms with Crippen molar-refractivity contribution in [3.05, 3.63) is 5.89 Å². The molecule has 1 amide bonds. The highest BCUT2D eigenvalue weighted by Crippen LogP contribution is 2.21. The molecule has 1 aliphatic rings. The maximum atomic E-state index is 11.8. The van der Waals surface area contributed by atoms with Crippen LogP contribution in [0.3, 0.4) is 0 Å². The quantitative estimate of drug-likeness (QED) is 0.804. The Hall–Kier alpha value is -1.63. The topological polar surface area (TPSA) is 83.3 Å². The maximum Gasteiger partial charge on any atom is 0.318 e. The van der Waals surface area contributed by atoms with Gasteiger partial charge >= 0.3 is 6.01 Å². The number of carbonyl (C=O) groups excluding carboxylic acids is 1. The van der Waals surface area contributed by atoms with E-state index in [2.05, 4.69) is 27.8 Å². The molecule has 0 bridgehead atoms. The van der Waals surface area contributed by atoms with Crippen molar-refractivity contribution in [2.45, 2.75) is 45.7 Å². The average molecular weight is 281 g/mol. The molecule has 2 heterocycles. The van der Waals surface area contributed by atoms with E-state index in [0.29, 0.717) is 31.4 Å². The molecular weight excluding hydrogens is 258 g/mol. The van der Waals surface area contributed by atoms with Gasteiger partial charge in [-0.05, 0) is 26.3 Å². The Morgan fingerprint density at radius 3 is 3.00 bits per heavy atom. The van der Waals surface area contributed by atoms with Crippen molar-refractivity contribution in [3.8, 4) is 0 Å². The van der Waals surface area contributed by atoms with Gasteiger partial charge in [-0.1, -0.05) is 18.9 Å². The van der Waals surface area contributed by atoms with Crippen LogP contribution in [0.15, 0.2) is 4.42 Å². The predicted octanol–water partition coefficient (Wildman–Crippen LogP) is 0.845. The normalized spacial score (nSPS) is 20.9. The fourth-order valence-electron chi connectivity index (χ4n) is 2.32. The standard InChI is InChI=1S/C13H23N5O2/c1-4-6-14-9(3)12-16-17-13(20-12)18-8-7-15-11(19)10(18)5-2/h9-10,14H,4-8H2,1-3H3,(H,15,19). The summed E-state index contributed by atoms with van der Waals surface area (Å²) in [5, 5.41) is 14.3. The second-order valence-electron chi connectivity index (χ2n) is 5.01. The van der Waals surface area contributed by atoms with E-state index >= 15 is 0 Å². The van der Waals surface area contributed by atoms with Gasteiger partial charge in [-0.3, -0.25) is 4.79 Å². The molecule has 2 N–H and O–H groups in total. The molecule has 1 aromatic heterocycles. The minimum Gasteiger partial charge on any atom is -0.406 e. The van der Waals surface area contributed by atoms with Crippen LogP contribution in [-0.2, 0) is 4.79 Å². The van der Waals surface area contributed by atoms with Gasteiger partial charge in [0.25, 0.3) is 0 Å². The summed E-state index contributed by atoms with van der Waals surface area (Å²) in [6.07, 6.45) is 1.77. The highest BCUT2D eigenvalue weighted by Gasteiger charge is 2.31. The third kappa shape index (κ3) is 3.09. The molecule has 2 rings (SSSR count). The van der Waals surface area contributed by atoms with Gasteiger partial charge in [0.2, 0.25) is 11.8 Å². The summed E-state index contributed by atoms with van der Waals surface area (Å²) in [5.74, 6) is 0.588. The summed E-state index contributed by atoms with van der Waals surface area (Å²) in [6, 6.07) is 0.234. The monoisotopic (exact) mass is 281 g/mol. The van der Waals surface area contributed by atoms with Crippen LogP contribution >= 0.6 is 0 Å². The number of carbonyl (C=O) groups is 1. The SMILES string of the molecule is CCCNC(C)c1nnc(N2CCNC(=O)C2CC)o1. The second kappa shape index (κ2) is 6.69. The third-order valence-electron chi connectivity index (χ3n) is 3.46. The van der Waals surface area contributed by atoms with Gasteiger partial charge in [0.1, 0.15) is 6.04 Å². The maximum absolute atomic E-state index is 11.8. The Balaban J connectivity index is 2.09. The lowest BCUT2D eigenvalue weighted by atomic mass is 10.1. The lowest BCUT2D eigenvalue weighted by Crippen LogP contribution is -2.55. The molecule has 112 valence electrons. The van der Waals surface area contributed by atoms with Crippen molar-refractivity contribution in [1.29, 1.82) is 0 Å². The first-order valence-electron chi connectivity index (χ1n) is 7.28. The Morgan fingerprint density at radius 2 is 2.30 bits per heavy atom. The van der Waals surface area contributed by atoms with Gasteiger partial charge in [-0.25, -0.2) is 0 Å². The molecule has 0 aliphatic carbocycles. The second-order valence-corrected chi connectivity index (χ2v) is 5.01. The van der Waals surface area contributed by atoms with E-state index in [-0.39, 0.29) is 18.0 Å². The molecule has 0 aromatic carbocycles. The molecule has 2 unspecified atom stereocenters. The summed E-state index contributed by atoms with van der Waals surface area (Å²) >= 11 is 0. The number of nitrogens with one attached hydrogen (secondary N) is 2. The van der Waals surface area contributed by atoms with Gasteiger partial charge in [0.05, 0.1) is 6.04 Å². The summed E-state index contributed by atoms with van der Waals surface area (Å²) < 4.78 is 5.72. The molecule has 1 fully saturated rings. The first kappa shape index (κ1) is 14.8.